The lowest BCUT2D eigenvalue weighted by Crippen LogP contribution is -2.42. The van der Waals surface area contributed by atoms with Crippen molar-refractivity contribution in [1.29, 1.82) is 0 Å². The Labute approximate surface area is 122 Å². The minimum Gasteiger partial charge on any atom is -0.378 e. The molecule has 0 bridgehead atoms. The van der Waals surface area contributed by atoms with E-state index in [1.807, 2.05) is 18.4 Å². The Morgan fingerprint density at radius 3 is 2.67 bits per heavy atom. The molecule has 1 unspecified atom stereocenters. The quantitative estimate of drug-likeness (QED) is 0.832. The van der Waals surface area contributed by atoms with Gasteiger partial charge in [0.15, 0.2) is 0 Å². The van der Waals surface area contributed by atoms with Crippen LogP contribution in [0.5, 0.6) is 0 Å². The minimum atomic E-state index is 0.119. The first-order chi connectivity index (χ1) is 8.60. The van der Waals surface area contributed by atoms with Crippen molar-refractivity contribution in [3.8, 4) is 0 Å². The van der Waals surface area contributed by atoms with Crippen molar-refractivity contribution in [3.05, 3.63) is 20.3 Å². The summed E-state index contributed by atoms with van der Waals surface area (Å²) in [4.78, 5) is 1.40. The molecule has 0 spiro atoms. The lowest BCUT2D eigenvalue weighted by molar-refractivity contribution is -0.0837. The molecule has 2 nitrogen and oxygen atoms in total. The molecule has 0 amide bonds. The summed E-state index contributed by atoms with van der Waals surface area (Å²) in [6.07, 6.45) is 4.80. The van der Waals surface area contributed by atoms with E-state index >= 15 is 0 Å². The third kappa shape index (κ3) is 2.98. The first-order valence-corrected chi connectivity index (χ1v) is 8.25. The van der Waals surface area contributed by atoms with Crippen LogP contribution in [0.25, 0.3) is 0 Å². The number of hydrogen-bond donors (Lipinski definition) is 1. The number of methoxy groups -OCH3 is 1. The highest BCUT2D eigenvalue weighted by atomic mass is 79.9. The molecular formula is C14H22BrNOS. The predicted molar refractivity (Wildman–Crippen MR) is 81.4 cm³/mol. The lowest BCUT2D eigenvalue weighted by Gasteiger charge is -2.43. The van der Waals surface area contributed by atoms with Gasteiger partial charge in [0.25, 0.3) is 0 Å². The second-order valence-corrected chi connectivity index (χ2v) is 7.75. The fourth-order valence-corrected chi connectivity index (χ4v) is 4.55. The van der Waals surface area contributed by atoms with Gasteiger partial charge < -0.3 is 10.1 Å². The fourth-order valence-electron chi connectivity index (χ4n) is 2.78. The van der Waals surface area contributed by atoms with E-state index in [-0.39, 0.29) is 5.60 Å². The third-order valence-electron chi connectivity index (χ3n) is 4.03. The van der Waals surface area contributed by atoms with Gasteiger partial charge in [-0.2, -0.15) is 0 Å². The maximum atomic E-state index is 5.77. The standard InChI is InChI=1S/C14H22BrNOS/c1-4-16-12(9-14(17-3)6-5-7-14)11-8-13(15)18-10(11)2/h8,12,16H,4-7,9H2,1-3H3. The van der Waals surface area contributed by atoms with Crippen molar-refractivity contribution in [3.63, 3.8) is 0 Å². The molecule has 1 fully saturated rings. The number of hydrogen-bond acceptors (Lipinski definition) is 3. The summed E-state index contributed by atoms with van der Waals surface area (Å²) in [7, 11) is 1.86. The molecule has 1 saturated carbocycles. The first kappa shape index (κ1) is 14.5. The van der Waals surface area contributed by atoms with Crippen LogP contribution in [-0.2, 0) is 4.74 Å². The molecule has 18 heavy (non-hydrogen) atoms. The van der Waals surface area contributed by atoms with Gasteiger partial charge >= 0.3 is 0 Å². The predicted octanol–water partition coefficient (Wildman–Crippen LogP) is 4.43. The van der Waals surface area contributed by atoms with Gasteiger partial charge in [-0.1, -0.05) is 6.92 Å². The number of ether oxygens (including phenoxy) is 1. The summed E-state index contributed by atoms with van der Waals surface area (Å²) in [5.41, 5.74) is 1.55. The van der Waals surface area contributed by atoms with Gasteiger partial charge in [0.1, 0.15) is 0 Å². The molecule has 1 aromatic heterocycles. The maximum Gasteiger partial charge on any atom is 0.0704 e. The molecule has 1 aliphatic rings. The number of halogens is 1. The summed E-state index contributed by atoms with van der Waals surface area (Å²) in [6, 6.07) is 2.67. The number of nitrogens with one attached hydrogen (secondary N) is 1. The largest absolute Gasteiger partial charge is 0.378 e. The highest BCUT2D eigenvalue weighted by Crippen LogP contribution is 2.43. The van der Waals surface area contributed by atoms with Gasteiger partial charge in [-0.3, -0.25) is 0 Å². The molecule has 1 atom stereocenters. The molecule has 2 rings (SSSR count). The van der Waals surface area contributed by atoms with Crippen molar-refractivity contribution >= 4 is 27.3 Å². The van der Waals surface area contributed by atoms with Crippen molar-refractivity contribution in [1.82, 2.24) is 5.32 Å². The van der Waals surface area contributed by atoms with Crippen LogP contribution in [0.4, 0.5) is 0 Å². The van der Waals surface area contributed by atoms with Crippen LogP contribution in [-0.4, -0.2) is 19.3 Å². The average molecular weight is 332 g/mol. The van der Waals surface area contributed by atoms with Gasteiger partial charge in [-0.15, -0.1) is 11.3 Å². The Kier molecular flexibility index (Phi) is 4.86. The molecule has 102 valence electrons. The normalized spacial score (nSPS) is 19.6. The Balaban J connectivity index is 2.15. The molecule has 1 aliphatic carbocycles. The lowest BCUT2D eigenvalue weighted by atomic mass is 9.74. The van der Waals surface area contributed by atoms with E-state index in [4.69, 9.17) is 4.74 Å². The Bertz CT molecular complexity index is 395. The van der Waals surface area contributed by atoms with E-state index in [0.29, 0.717) is 6.04 Å². The minimum absolute atomic E-state index is 0.119. The second kappa shape index (κ2) is 6.04. The zero-order valence-electron chi connectivity index (χ0n) is 11.4. The summed E-state index contributed by atoms with van der Waals surface area (Å²) < 4.78 is 6.99. The first-order valence-electron chi connectivity index (χ1n) is 6.64. The Hall–Kier alpha value is 0.1000. The monoisotopic (exact) mass is 331 g/mol. The van der Waals surface area contributed by atoms with Crippen LogP contribution >= 0.6 is 27.3 Å². The summed E-state index contributed by atoms with van der Waals surface area (Å²) >= 11 is 5.41. The zero-order chi connectivity index (χ0) is 13.2. The molecule has 1 aromatic rings. The SMILES string of the molecule is CCNC(CC1(OC)CCC1)c1cc(Br)sc1C. The highest BCUT2D eigenvalue weighted by Gasteiger charge is 2.39. The summed E-state index contributed by atoms with van der Waals surface area (Å²) in [6.45, 7) is 5.37. The van der Waals surface area contributed by atoms with Crippen LogP contribution in [0, 0.1) is 6.92 Å². The van der Waals surface area contributed by atoms with E-state index in [9.17, 15) is 0 Å². The van der Waals surface area contributed by atoms with Crippen LogP contribution in [0.15, 0.2) is 9.85 Å². The van der Waals surface area contributed by atoms with Crippen molar-refractivity contribution in [2.24, 2.45) is 0 Å². The van der Waals surface area contributed by atoms with Crippen molar-refractivity contribution in [2.75, 3.05) is 13.7 Å². The van der Waals surface area contributed by atoms with Crippen molar-refractivity contribution < 1.29 is 4.74 Å². The van der Waals surface area contributed by atoms with Gasteiger partial charge in [-0.05, 0) is 66.7 Å². The van der Waals surface area contributed by atoms with Crippen LogP contribution < -0.4 is 5.32 Å². The van der Waals surface area contributed by atoms with Gasteiger partial charge in [-0.25, -0.2) is 0 Å². The van der Waals surface area contributed by atoms with E-state index in [1.165, 1.54) is 33.5 Å². The fraction of sp³-hybridized carbons (Fsp3) is 0.714. The van der Waals surface area contributed by atoms with Gasteiger partial charge in [0.05, 0.1) is 9.39 Å². The Morgan fingerprint density at radius 1 is 1.56 bits per heavy atom. The third-order valence-corrected chi connectivity index (χ3v) is 5.60. The number of aryl methyl sites for hydroxylation is 1. The molecule has 0 aliphatic heterocycles. The molecule has 4 heteroatoms. The van der Waals surface area contributed by atoms with Crippen LogP contribution in [0.1, 0.15) is 49.1 Å². The average Bonchev–Trinajstić information content (AvgIpc) is 2.61. The van der Waals surface area contributed by atoms with E-state index < -0.39 is 0 Å². The van der Waals surface area contributed by atoms with Gasteiger partial charge in [0.2, 0.25) is 0 Å². The topological polar surface area (TPSA) is 21.3 Å². The maximum absolute atomic E-state index is 5.77. The van der Waals surface area contributed by atoms with Crippen molar-refractivity contribution in [2.45, 2.75) is 51.2 Å². The molecule has 1 heterocycles. The second-order valence-electron chi connectivity index (χ2n) is 5.12. The smallest absolute Gasteiger partial charge is 0.0704 e. The molecular weight excluding hydrogens is 310 g/mol. The number of thiophene rings is 1. The number of rotatable bonds is 6. The molecule has 0 radical (unpaired) electrons. The molecule has 0 aromatic carbocycles. The van der Waals surface area contributed by atoms with E-state index in [1.54, 1.807) is 0 Å². The van der Waals surface area contributed by atoms with Gasteiger partial charge in [0, 0.05) is 18.0 Å². The summed E-state index contributed by atoms with van der Waals surface area (Å²) in [5, 5.41) is 3.62. The van der Waals surface area contributed by atoms with E-state index in [0.717, 1.165) is 13.0 Å². The van der Waals surface area contributed by atoms with Crippen LogP contribution in [0.3, 0.4) is 0 Å². The van der Waals surface area contributed by atoms with E-state index in [2.05, 4.69) is 41.2 Å². The molecule has 1 N–H and O–H groups in total. The van der Waals surface area contributed by atoms with Crippen LogP contribution in [0.2, 0.25) is 0 Å². The zero-order valence-corrected chi connectivity index (χ0v) is 13.8. The molecule has 0 saturated heterocycles. The summed E-state index contributed by atoms with van der Waals surface area (Å²) in [5.74, 6) is 0. The Morgan fingerprint density at radius 2 is 2.28 bits per heavy atom. The highest BCUT2D eigenvalue weighted by molar-refractivity contribution is 9.11.